The highest BCUT2D eigenvalue weighted by Gasteiger charge is 2.26. The summed E-state index contributed by atoms with van der Waals surface area (Å²) >= 11 is 5.70. The first-order chi connectivity index (χ1) is 9.32. The van der Waals surface area contributed by atoms with Gasteiger partial charge in [-0.2, -0.15) is 0 Å². The molecule has 0 aromatic heterocycles. The number of nitrogens with one attached hydrogen (secondary N) is 2. The zero-order valence-corrected chi connectivity index (χ0v) is 14.0. The zero-order valence-electron chi connectivity index (χ0n) is 11.6. The van der Waals surface area contributed by atoms with Crippen LogP contribution in [0.1, 0.15) is 13.8 Å². The van der Waals surface area contributed by atoms with Crippen molar-refractivity contribution in [2.45, 2.75) is 24.3 Å². The van der Waals surface area contributed by atoms with Crippen molar-refractivity contribution >= 4 is 31.6 Å². The predicted molar refractivity (Wildman–Crippen MR) is 78.7 cm³/mol. The minimum absolute atomic E-state index is 0.198. The third-order valence-corrected chi connectivity index (χ3v) is 5.16. The molecule has 0 spiro atoms. The van der Waals surface area contributed by atoms with E-state index in [2.05, 4.69) is 9.44 Å². The van der Waals surface area contributed by atoms with Crippen molar-refractivity contribution in [3.63, 3.8) is 0 Å². The first-order valence-electron chi connectivity index (χ1n) is 5.76. The molecule has 1 rings (SSSR count). The van der Waals surface area contributed by atoms with Gasteiger partial charge in [0.05, 0.1) is 11.3 Å². The molecule has 0 atom stereocenters. The largest absolute Gasteiger partial charge is 0.242 e. The molecule has 21 heavy (non-hydrogen) atoms. The van der Waals surface area contributed by atoms with Crippen LogP contribution in [0.3, 0.4) is 0 Å². The quantitative estimate of drug-likeness (QED) is 0.796. The fraction of sp³-hybridized carbons (Fsp3) is 0.455. The van der Waals surface area contributed by atoms with Gasteiger partial charge < -0.3 is 0 Å². The van der Waals surface area contributed by atoms with Gasteiger partial charge in [0.15, 0.2) is 0 Å². The van der Waals surface area contributed by atoms with Crippen molar-refractivity contribution < 1.29 is 21.2 Å². The van der Waals surface area contributed by atoms with Gasteiger partial charge in [0.2, 0.25) is 20.0 Å². The van der Waals surface area contributed by atoms with Gasteiger partial charge >= 0.3 is 0 Å². The lowest BCUT2D eigenvalue weighted by atomic mass is 10.1. The fourth-order valence-corrected chi connectivity index (χ4v) is 4.40. The summed E-state index contributed by atoms with van der Waals surface area (Å²) in [6.07, 6.45) is 0.972. The molecule has 120 valence electrons. The lowest BCUT2D eigenvalue weighted by molar-refractivity contribution is 0.446. The van der Waals surface area contributed by atoms with Gasteiger partial charge in [-0.25, -0.2) is 30.7 Å². The Kier molecular flexibility index (Phi) is 5.38. The van der Waals surface area contributed by atoms with E-state index in [9.17, 15) is 21.2 Å². The molecule has 0 amide bonds. The Morgan fingerprint density at radius 1 is 1.24 bits per heavy atom. The lowest BCUT2D eigenvalue weighted by Crippen LogP contribution is -2.50. The Hall–Kier alpha value is -0.740. The monoisotopic (exact) mass is 358 g/mol. The van der Waals surface area contributed by atoms with Crippen molar-refractivity contribution in [2.75, 3.05) is 12.8 Å². The Morgan fingerprint density at radius 3 is 2.29 bits per heavy atom. The van der Waals surface area contributed by atoms with E-state index in [1.807, 2.05) is 0 Å². The van der Waals surface area contributed by atoms with Crippen molar-refractivity contribution in [1.29, 1.82) is 0 Å². The van der Waals surface area contributed by atoms with Crippen LogP contribution in [-0.2, 0) is 20.0 Å². The van der Waals surface area contributed by atoms with Crippen LogP contribution in [0, 0.1) is 5.82 Å². The van der Waals surface area contributed by atoms with Gasteiger partial charge in [0.1, 0.15) is 10.7 Å². The maximum atomic E-state index is 12.9. The molecule has 0 aliphatic carbocycles. The van der Waals surface area contributed by atoms with Gasteiger partial charge in [0.25, 0.3) is 0 Å². The number of halogens is 2. The molecule has 6 nitrogen and oxygen atoms in total. The summed E-state index contributed by atoms with van der Waals surface area (Å²) in [6.45, 7) is 2.84. The van der Waals surface area contributed by atoms with Crippen molar-refractivity contribution in [3.05, 3.63) is 29.0 Å². The fourth-order valence-electron chi connectivity index (χ4n) is 1.58. The van der Waals surface area contributed by atoms with E-state index < -0.39 is 31.4 Å². The van der Waals surface area contributed by atoms with E-state index >= 15 is 0 Å². The van der Waals surface area contributed by atoms with Crippen molar-refractivity contribution in [2.24, 2.45) is 0 Å². The minimum atomic E-state index is -3.98. The summed E-state index contributed by atoms with van der Waals surface area (Å²) in [7, 11) is -7.47. The molecule has 10 heteroatoms. The summed E-state index contributed by atoms with van der Waals surface area (Å²) in [5.41, 5.74) is -1.03. The SMILES string of the molecule is CC(C)(CNS(=O)(=O)c1ccc(F)cc1Cl)NS(C)(=O)=O. The third kappa shape index (κ3) is 5.87. The second-order valence-corrected chi connectivity index (χ2v) is 9.05. The van der Waals surface area contributed by atoms with Crippen LogP contribution in [0.15, 0.2) is 23.1 Å². The molecule has 0 radical (unpaired) electrons. The van der Waals surface area contributed by atoms with Crippen molar-refractivity contribution in [1.82, 2.24) is 9.44 Å². The van der Waals surface area contributed by atoms with Gasteiger partial charge in [0, 0.05) is 12.1 Å². The Labute approximate surface area is 128 Å². The average molecular weight is 359 g/mol. The first kappa shape index (κ1) is 18.3. The second kappa shape index (κ2) is 6.17. The van der Waals surface area contributed by atoms with Crippen LogP contribution in [0.25, 0.3) is 0 Å². The first-order valence-corrected chi connectivity index (χ1v) is 9.51. The summed E-state index contributed by atoms with van der Waals surface area (Å²) in [5.74, 6) is -0.655. The molecule has 2 N–H and O–H groups in total. The van der Waals surface area contributed by atoms with Crippen LogP contribution in [-0.4, -0.2) is 35.2 Å². The molecule has 0 heterocycles. The molecule has 0 aliphatic rings. The molecule has 0 saturated carbocycles. The molecule has 1 aromatic carbocycles. The molecule has 0 aliphatic heterocycles. The van der Waals surface area contributed by atoms with E-state index in [0.717, 1.165) is 24.5 Å². The topological polar surface area (TPSA) is 92.3 Å². The molecular weight excluding hydrogens is 343 g/mol. The van der Waals surface area contributed by atoms with Gasteiger partial charge in [-0.05, 0) is 32.0 Å². The zero-order chi connectivity index (χ0) is 16.5. The summed E-state index contributed by atoms with van der Waals surface area (Å²) in [4.78, 5) is -0.277. The maximum absolute atomic E-state index is 12.9. The normalized spacial score (nSPS) is 13.4. The number of hydrogen-bond donors (Lipinski definition) is 2. The number of sulfonamides is 2. The van der Waals surface area contributed by atoms with Crippen LogP contribution in [0.5, 0.6) is 0 Å². The highest BCUT2D eigenvalue weighted by atomic mass is 35.5. The lowest BCUT2D eigenvalue weighted by Gasteiger charge is -2.25. The Morgan fingerprint density at radius 2 is 1.81 bits per heavy atom. The molecule has 0 bridgehead atoms. The Bertz CT molecular complexity index is 733. The highest BCUT2D eigenvalue weighted by molar-refractivity contribution is 7.89. The van der Waals surface area contributed by atoms with Gasteiger partial charge in [-0.1, -0.05) is 11.6 Å². The number of benzene rings is 1. The maximum Gasteiger partial charge on any atom is 0.242 e. The van der Waals surface area contributed by atoms with Crippen LogP contribution >= 0.6 is 11.6 Å². The van der Waals surface area contributed by atoms with Crippen LogP contribution in [0.2, 0.25) is 5.02 Å². The number of hydrogen-bond acceptors (Lipinski definition) is 4. The van der Waals surface area contributed by atoms with E-state index in [4.69, 9.17) is 11.6 Å². The van der Waals surface area contributed by atoms with Gasteiger partial charge in [-0.3, -0.25) is 0 Å². The standard InChI is InChI=1S/C11H16ClFN2O4S2/c1-11(2,15-20(3,16)17)7-14-21(18,19)10-5-4-8(13)6-9(10)12/h4-6,14-15H,7H2,1-3H3. The van der Waals surface area contributed by atoms with Gasteiger partial charge in [-0.15, -0.1) is 0 Å². The van der Waals surface area contributed by atoms with E-state index in [-0.39, 0.29) is 16.5 Å². The highest BCUT2D eigenvalue weighted by Crippen LogP contribution is 2.22. The molecule has 0 saturated heterocycles. The molecular formula is C11H16ClFN2O4S2. The van der Waals surface area contributed by atoms with Crippen LogP contribution in [0.4, 0.5) is 4.39 Å². The summed E-state index contributed by atoms with van der Waals surface area (Å²) in [5, 5.41) is -0.253. The van der Waals surface area contributed by atoms with E-state index in [1.165, 1.54) is 13.8 Å². The summed E-state index contributed by atoms with van der Waals surface area (Å²) < 4.78 is 64.0. The number of rotatable bonds is 6. The van der Waals surface area contributed by atoms with E-state index in [0.29, 0.717) is 0 Å². The minimum Gasteiger partial charge on any atom is -0.213 e. The smallest absolute Gasteiger partial charge is 0.213 e. The Balaban J connectivity index is 2.91. The molecule has 0 unspecified atom stereocenters. The average Bonchev–Trinajstić information content (AvgIpc) is 2.23. The van der Waals surface area contributed by atoms with E-state index in [1.54, 1.807) is 0 Å². The predicted octanol–water partition coefficient (Wildman–Crippen LogP) is 1.09. The third-order valence-electron chi connectivity index (χ3n) is 2.35. The van der Waals surface area contributed by atoms with Crippen molar-refractivity contribution in [3.8, 4) is 0 Å². The summed E-state index contributed by atoms with van der Waals surface area (Å²) in [6, 6.07) is 2.90. The molecule has 1 aromatic rings. The molecule has 0 fully saturated rings. The van der Waals surface area contributed by atoms with Crippen LogP contribution < -0.4 is 9.44 Å². The second-order valence-electron chi connectivity index (χ2n) is 5.16.